The van der Waals surface area contributed by atoms with Crippen molar-refractivity contribution >= 4 is 45.3 Å². The van der Waals surface area contributed by atoms with Crippen LogP contribution in [0.15, 0.2) is 57.8 Å². The maximum atomic E-state index is 13.0. The van der Waals surface area contributed by atoms with Gasteiger partial charge in [-0.25, -0.2) is 4.79 Å². The van der Waals surface area contributed by atoms with Crippen LogP contribution in [0.4, 0.5) is 0 Å². The Morgan fingerprint density at radius 1 is 1.03 bits per heavy atom. The summed E-state index contributed by atoms with van der Waals surface area (Å²) in [7, 11) is 3.45. The molecule has 0 fully saturated rings. The molecule has 186 valence electrons. The Hall–Kier alpha value is -2.72. The van der Waals surface area contributed by atoms with E-state index in [1.807, 2.05) is 43.3 Å². The van der Waals surface area contributed by atoms with Gasteiger partial charge in [-0.1, -0.05) is 35.9 Å². The largest absolute Gasteiger partial charge is 0.462 e. The summed E-state index contributed by atoms with van der Waals surface area (Å²) in [5.74, 6) is -0.417. The number of halogens is 1. The summed E-state index contributed by atoms with van der Waals surface area (Å²) in [5, 5.41) is 0.624. The SMILES string of the molecule is CCOC(=O)c1sc(-c2ccc(Cl)cc2)c(CN(C)C)c1-c1ccc(S(=O)(=O)/N=C\N(C)C)cc1. The number of ether oxygens (including phenoxy) is 1. The molecule has 10 heteroatoms. The highest BCUT2D eigenvalue weighted by molar-refractivity contribution is 7.90. The molecular formula is C25H28ClN3O4S2. The molecule has 0 aliphatic carbocycles. The molecule has 0 radical (unpaired) electrons. The summed E-state index contributed by atoms with van der Waals surface area (Å²) in [4.78, 5) is 18.0. The summed E-state index contributed by atoms with van der Waals surface area (Å²) in [6.45, 7) is 2.58. The van der Waals surface area contributed by atoms with Gasteiger partial charge >= 0.3 is 5.97 Å². The number of hydrogen-bond acceptors (Lipinski definition) is 6. The van der Waals surface area contributed by atoms with Gasteiger partial charge < -0.3 is 14.5 Å². The molecule has 1 heterocycles. The molecule has 0 aliphatic rings. The van der Waals surface area contributed by atoms with Crippen LogP contribution in [0.2, 0.25) is 5.02 Å². The van der Waals surface area contributed by atoms with Gasteiger partial charge in [-0.15, -0.1) is 15.7 Å². The normalized spacial score (nSPS) is 11.9. The molecule has 7 nitrogen and oxygen atoms in total. The van der Waals surface area contributed by atoms with Crippen molar-refractivity contribution in [2.24, 2.45) is 4.40 Å². The zero-order chi connectivity index (χ0) is 25.8. The third kappa shape index (κ3) is 6.49. The third-order valence-electron chi connectivity index (χ3n) is 4.91. The molecule has 0 bridgehead atoms. The van der Waals surface area contributed by atoms with Gasteiger partial charge in [0.05, 0.1) is 11.5 Å². The van der Waals surface area contributed by atoms with Crippen molar-refractivity contribution < 1.29 is 17.9 Å². The fourth-order valence-corrected chi connectivity index (χ4v) is 5.70. The maximum Gasteiger partial charge on any atom is 0.348 e. The molecule has 0 amide bonds. The first-order chi connectivity index (χ1) is 16.5. The second-order valence-electron chi connectivity index (χ2n) is 8.26. The summed E-state index contributed by atoms with van der Waals surface area (Å²) in [6, 6.07) is 13.9. The summed E-state index contributed by atoms with van der Waals surface area (Å²) in [6.07, 6.45) is 1.24. The predicted molar refractivity (Wildman–Crippen MR) is 143 cm³/mol. The topological polar surface area (TPSA) is 79.3 Å². The van der Waals surface area contributed by atoms with Gasteiger partial charge in [0.25, 0.3) is 10.0 Å². The van der Waals surface area contributed by atoms with Gasteiger partial charge in [-0.2, -0.15) is 8.42 Å². The first kappa shape index (κ1) is 26.9. The molecule has 0 saturated heterocycles. The zero-order valence-electron chi connectivity index (χ0n) is 20.3. The smallest absolute Gasteiger partial charge is 0.348 e. The fraction of sp³-hybridized carbons (Fsp3) is 0.280. The van der Waals surface area contributed by atoms with Crippen LogP contribution in [-0.2, 0) is 21.3 Å². The quantitative estimate of drug-likeness (QED) is 0.212. The molecule has 0 spiro atoms. The van der Waals surface area contributed by atoms with Crippen LogP contribution in [0.3, 0.4) is 0 Å². The van der Waals surface area contributed by atoms with Crippen molar-refractivity contribution in [3.05, 3.63) is 64.0 Å². The van der Waals surface area contributed by atoms with E-state index in [1.54, 1.807) is 38.1 Å². The second-order valence-corrected chi connectivity index (χ2v) is 11.4. The van der Waals surface area contributed by atoms with Crippen LogP contribution in [0.5, 0.6) is 0 Å². The van der Waals surface area contributed by atoms with Crippen molar-refractivity contribution in [3.8, 4) is 21.6 Å². The number of benzene rings is 2. The summed E-state index contributed by atoms with van der Waals surface area (Å²) >= 11 is 7.46. The van der Waals surface area contributed by atoms with E-state index in [0.29, 0.717) is 16.4 Å². The molecule has 0 saturated carbocycles. The molecule has 35 heavy (non-hydrogen) atoms. The maximum absolute atomic E-state index is 13.0. The Morgan fingerprint density at radius 2 is 1.63 bits per heavy atom. The van der Waals surface area contributed by atoms with Gasteiger partial charge in [0.15, 0.2) is 0 Å². The van der Waals surface area contributed by atoms with E-state index in [2.05, 4.69) is 4.40 Å². The lowest BCUT2D eigenvalue weighted by molar-refractivity contribution is 0.0533. The lowest BCUT2D eigenvalue weighted by Crippen LogP contribution is -2.12. The van der Waals surface area contributed by atoms with E-state index in [4.69, 9.17) is 16.3 Å². The van der Waals surface area contributed by atoms with Gasteiger partial charge in [0.1, 0.15) is 11.2 Å². The number of sulfonamides is 1. The van der Waals surface area contributed by atoms with E-state index in [0.717, 1.165) is 27.1 Å². The number of hydrogen-bond donors (Lipinski definition) is 0. The first-order valence-electron chi connectivity index (χ1n) is 10.8. The number of rotatable bonds is 9. The van der Waals surface area contributed by atoms with E-state index >= 15 is 0 Å². The number of carbonyl (C=O) groups is 1. The van der Waals surface area contributed by atoms with Crippen LogP contribution >= 0.6 is 22.9 Å². The van der Waals surface area contributed by atoms with Crippen LogP contribution in [-0.4, -0.2) is 65.3 Å². The minimum absolute atomic E-state index is 0.0688. The van der Waals surface area contributed by atoms with Crippen molar-refractivity contribution in [1.29, 1.82) is 0 Å². The molecule has 0 unspecified atom stereocenters. The number of nitrogens with zero attached hydrogens (tertiary/aromatic N) is 3. The summed E-state index contributed by atoms with van der Waals surface area (Å²) in [5.41, 5.74) is 3.33. The van der Waals surface area contributed by atoms with E-state index in [-0.39, 0.29) is 11.5 Å². The standard InChI is InChI=1S/C25H28ClN3O4S2/c1-6-33-25(30)24-22(17-9-13-20(14-10-17)35(31,32)27-16-29(4)5)21(15-28(2)3)23(34-24)18-7-11-19(26)12-8-18/h7-14,16H,6,15H2,1-5H3/b27-16-. The van der Waals surface area contributed by atoms with Crippen LogP contribution in [0.1, 0.15) is 22.2 Å². The van der Waals surface area contributed by atoms with Crippen molar-refractivity contribution in [2.75, 3.05) is 34.8 Å². The van der Waals surface area contributed by atoms with Gasteiger partial charge in [-0.3, -0.25) is 0 Å². The Morgan fingerprint density at radius 3 is 2.17 bits per heavy atom. The second kappa shape index (κ2) is 11.3. The monoisotopic (exact) mass is 533 g/mol. The average molecular weight is 534 g/mol. The lowest BCUT2D eigenvalue weighted by Gasteiger charge is -2.14. The molecular weight excluding hydrogens is 506 g/mol. The Labute approximate surface area is 215 Å². The van der Waals surface area contributed by atoms with Crippen LogP contribution in [0.25, 0.3) is 21.6 Å². The molecule has 0 atom stereocenters. The van der Waals surface area contributed by atoms with Crippen LogP contribution in [0, 0.1) is 0 Å². The molecule has 0 N–H and O–H groups in total. The van der Waals surface area contributed by atoms with E-state index in [1.165, 1.54) is 29.8 Å². The highest BCUT2D eigenvalue weighted by atomic mass is 35.5. The molecule has 2 aromatic carbocycles. The van der Waals surface area contributed by atoms with Crippen molar-refractivity contribution in [2.45, 2.75) is 18.4 Å². The van der Waals surface area contributed by atoms with E-state index < -0.39 is 16.0 Å². The minimum Gasteiger partial charge on any atom is -0.462 e. The van der Waals surface area contributed by atoms with Gasteiger partial charge in [0, 0.05) is 36.1 Å². The Kier molecular flexibility index (Phi) is 8.71. The Balaban J connectivity index is 2.20. The van der Waals surface area contributed by atoms with Gasteiger partial charge in [-0.05, 0) is 62.0 Å². The Bertz CT molecular complexity index is 1310. The van der Waals surface area contributed by atoms with Crippen LogP contribution < -0.4 is 0 Å². The third-order valence-corrected chi connectivity index (χ3v) is 7.66. The number of thiophene rings is 1. The zero-order valence-corrected chi connectivity index (χ0v) is 22.7. The number of esters is 1. The van der Waals surface area contributed by atoms with E-state index in [9.17, 15) is 13.2 Å². The highest BCUT2D eigenvalue weighted by Gasteiger charge is 2.26. The first-order valence-corrected chi connectivity index (χ1v) is 13.5. The van der Waals surface area contributed by atoms with Crippen molar-refractivity contribution in [1.82, 2.24) is 9.80 Å². The molecule has 1 aromatic heterocycles. The van der Waals surface area contributed by atoms with Crippen molar-refractivity contribution in [3.63, 3.8) is 0 Å². The minimum atomic E-state index is -3.84. The summed E-state index contributed by atoms with van der Waals surface area (Å²) < 4.78 is 34.2. The number of carbonyl (C=O) groups excluding carboxylic acids is 1. The molecule has 0 aliphatic heterocycles. The van der Waals surface area contributed by atoms with Gasteiger partial charge in [0.2, 0.25) is 0 Å². The molecule has 3 aromatic rings. The predicted octanol–water partition coefficient (Wildman–Crippen LogP) is 5.25. The average Bonchev–Trinajstić information content (AvgIpc) is 3.17. The molecule has 3 rings (SSSR count). The lowest BCUT2D eigenvalue weighted by atomic mass is 9.97. The fourth-order valence-electron chi connectivity index (χ4n) is 3.42. The highest BCUT2D eigenvalue weighted by Crippen LogP contribution is 2.43.